The van der Waals surface area contributed by atoms with Crippen molar-refractivity contribution in [3.05, 3.63) is 0 Å². The number of hydroxylamine groups is 2. The number of hydrogen-bond acceptors (Lipinski definition) is 17. The maximum Gasteiger partial charge on any atom is 0.341 e. The number of hydrogen-bond donors (Lipinski definition) is 13. The topological polar surface area (TPSA) is 307 Å². The van der Waals surface area contributed by atoms with Crippen LogP contribution in [0, 0.1) is 0 Å². The van der Waals surface area contributed by atoms with E-state index < -0.39 is 91.2 Å². The van der Waals surface area contributed by atoms with Crippen molar-refractivity contribution in [1.29, 1.82) is 0 Å². The molecule has 1 saturated carbocycles. The molecule has 2 heterocycles. The third-order valence-corrected chi connectivity index (χ3v) is 8.15. The molecule has 19 nitrogen and oxygen atoms in total. The second kappa shape index (κ2) is 16.5. The van der Waals surface area contributed by atoms with E-state index in [4.69, 9.17) is 35.5 Å². The molecule has 0 spiro atoms. The van der Waals surface area contributed by atoms with Gasteiger partial charge in [0.2, 0.25) is 0 Å². The van der Waals surface area contributed by atoms with E-state index >= 15 is 0 Å². The minimum Gasteiger partial charge on any atom is -0.396 e. The van der Waals surface area contributed by atoms with Gasteiger partial charge in [0, 0.05) is 25.7 Å². The summed E-state index contributed by atoms with van der Waals surface area (Å²) in [7, 11) is 1.52. The van der Waals surface area contributed by atoms with Gasteiger partial charge in [-0.2, -0.15) is 0 Å². The van der Waals surface area contributed by atoms with E-state index in [-0.39, 0.29) is 39.3 Å². The van der Waals surface area contributed by atoms with Crippen molar-refractivity contribution >= 4 is 6.03 Å². The van der Waals surface area contributed by atoms with Crippen molar-refractivity contribution in [1.82, 2.24) is 21.0 Å². The predicted octanol–water partition coefficient (Wildman–Crippen LogP) is -6.59. The van der Waals surface area contributed by atoms with Gasteiger partial charge in [0.1, 0.15) is 54.4 Å². The number of nitrogens with two attached hydrogens (primary N) is 2. The second-order valence-corrected chi connectivity index (χ2v) is 11.6. The van der Waals surface area contributed by atoms with Crippen LogP contribution in [0.15, 0.2) is 0 Å². The van der Waals surface area contributed by atoms with Gasteiger partial charge >= 0.3 is 6.03 Å². The minimum atomic E-state index is -1.74. The highest BCUT2D eigenvalue weighted by Crippen LogP contribution is 2.32. The fourth-order valence-electron chi connectivity index (χ4n) is 5.72. The molecule has 3 aliphatic rings. The van der Waals surface area contributed by atoms with Gasteiger partial charge in [-0.25, -0.2) is 9.86 Å². The van der Waals surface area contributed by atoms with E-state index in [0.29, 0.717) is 18.0 Å². The Hall–Kier alpha value is -1.37. The molecule has 0 bridgehead atoms. The van der Waals surface area contributed by atoms with Crippen LogP contribution in [0.2, 0.25) is 0 Å². The summed E-state index contributed by atoms with van der Waals surface area (Å²) in [5.74, 6) is 0. The van der Waals surface area contributed by atoms with Crippen LogP contribution in [0.3, 0.4) is 0 Å². The fraction of sp³-hybridized carbons (Fsp3) is 0.960. The second-order valence-electron chi connectivity index (χ2n) is 11.6. The summed E-state index contributed by atoms with van der Waals surface area (Å²) in [4.78, 5) is 12.6. The lowest BCUT2D eigenvalue weighted by Crippen LogP contribution is -2.70. The van der Waals surface area contributed by atoms with E-state index in [2.05, 4.69) is 16.0 Å². The number of nitrogens with zero attached hydrogens (tertiary/aromatic N) is 1. The third kappa shape index (κ3) is 8.70. The van der Waals surface area contributed by atoms with Crippen molar-refractivity contribution in [2.45, 2.75) is 105 Å². The van der Waals surface area contributed by atoms with Crippen LogP contribution in [0.1, 0.15) is 19.8 Å². The van der Waals surface area contributed by atoms with Crippen LogP contribution in [0.4, 0.5) is 4.79 Å². The number of carbonyl (C=O) groups is 1. The van der Waals surface area contributed by atoms with Gasteiger partial charge in [0.15, 0.2) is 12.6 Å². The van der Waals surface area contributed by atoms with E-state index in [0.717, 1.165) is 0 Å². The Morgan fingerprint density at radius 1 is 1.05 bits per heavy atom. The average Bonchev–Trinajstić information content (AvgIpc) is 2.97. The molecule has 14 atom stereocenters. The minimum absolute atomic E-state index is 0.0394. The first-order valence-electron chi connectivity index (χ1n) is 14.7. The first-order valence-corrected chi connectivity index (χ1v) is 14.7. The summed E-state index contributed by atoms with van der Waals surface area (Å²) in [6, 6.07) is -3.96. The molecule has 44 heavy (non-hydrogen) atoms. The summed E-state index contributed by atoms with van der Waals surface area (Å²) in [6.07, 6.45) is -14.4. The molecule has 258 valence electrons. The molecule has 2 aliphatic heterocycles. The molecule has 0 radical (unpaired) electrons. The number of likely N-dealkylation sites (N-methyl/N-ethyl adjacent to an activating group) is 1. The molecule has 19 heteroatoms. The molecule has 2 amide bonds. The van der Waals surface area contributed by atoms with Crippen LogP contribution < -0.4 is 27.4 Å². The van der Waals surface area contributed by atoms with Gasteiger partial charge in [-0.05, 0) is 33.4 Å². The number of ether oxygens (including phenoxy) is 4. The molecular weight excluding hydrogens is 592 g/mol. The first-order chi connectivity index (χ1) is 20.8. The molecule has 3 rings (SSSR count). The van der Waals surface area contributed by atoms with Crippen molar-refractivity contribution in [3.63, 3.8) is 0 Å². The first kappa shape index (κ1) is 37.1. The Morgan fingerprint density at radius 2 is 1.73 bits per heavy atom. The zero-order valence-electron chi connectivity index (χ0n) is 24.9. The van der Waals surface area contributed by atoms with Gasteiger partial charge < -0.3 is 82.1 Å². The molecule has 1 unspecified atom stereocenters. The normalized spacial score (nSPS) is 43.0. The largest absolute Gasteiger partial charge is 0.396 e. The Balaban J connectivity index is 1.81. The van der Waals surface area contributed by atoms with E-state index in [1.165, 1.54) is 14.0 Å². The lowest BCUT2D eigenvalue weighted by molar-refractivity contribution is -0.330. The number of rotatable bonds is 13. The standard InChI is InChI=1S/C25H50N6O13/c1-25(39)10-41-22(18(37)21(25)28-2)44-20-12(30-24(38)31(40)6-4-26)8-11(27)19(17(20)36)43-23-16(35)15(34)14(33)13(42-23)9-29-5-3-7-32/h11-23,28-29,32-37,39-40H,3-10,26-27H2,1-2H3,(H,30,38)/t11-,12+,13+,14+,15-,16+,17-,18+,19?,20-,21+,22+,23+,25-/m0/s1. The number of aliphatic hydroxyl groups excluding tert-OH is 6. The fourth-order valence-corrected chi connectivity index (χ4v) is 5.72. The van der Waals surface area contributed by atoms with Gasteiger partial charge in [-0.1, -0.05) is 0 Å². The van der Waals surface area contributed by atoms with Gasteiger partial charge in [0.05, 0.1) is 25.2 Å². The zero-order chi connectivity index (χ0) is 32.8. The highest BCUT2D eigenvalue weighted by Gasteiger charge is 2.53. The number of nitrogens with one attached hydrogen (secondary N) is 3. The Morgan fingerprint density at radius 3 is 2.36 bits per heavy atom. The summed E-state index contributed by atoms with van der Waals surface area (Å²) >= 11 is 0. The van der Waals surface area contributed by atoms with Gasteiger partial charge in [0.25, 0.3) is 0 Å². The Labute approximate surface area is 254 Å². The van der Waals surface area contributed by atoms with Crippen LogP contribution in [-0.4, -0.2) is 184 Å². The lowest BCUT2D eigenvalue weighted by Gasteiger charge is -2.49. The van der Waals surface area contributed by atoms with Gasteiger partial charge in [-0.15, -0.1) is 0 Å². The molecular formula is C25H50N6O13. The molecule has 15 N–H and O–H groups in total. The highest BCUT2D eigenvalue weighted by molar-refractivity contribution is 5.73. The van der Waals surface area contributed by atoms with Gasteiger partial charge in [-0.3, -0.25) is 5.21 Å². The summed E-state index contributed by atoms with van der Waals surface area (Å²) in [6.45, 7) is 1.34. The van der Waals surface area contributed by atoms with Crippen LogP contribution in [-0.2, 0) is 18.9 Å². The number of carbonyl (C=O) groups excluding carboxylic acids is 1. The van der Waals surface area contributed by atoms with Crippen molar-refractivity contribution in [2.75, 3.05) is 46.4 Å². The molecule has 0 aromatic carbocycles. The van der Waals surface area contributed by atoms with E-state index in [9.17, 15) is 40.6 Å². The Kier molecular flexibility index (Phi) is 13.9. The lowest BCUT2D eigenvalue weighted by atomic mass is 9.83. The average molecular weight is 643 g/mol. The summed E-state index contributed by atoms with van der Waals surface area (Å²) in [5, 5.41) is 92.2. The van der Waals surface area contributed by atoms with Crippen LogP contribution in [0.5, 0.6) is 0 Å². The highest BCUT2D eigenvalue weighted by atomic mass is 16.7. The maximum absolute atomic E-state index is 12.6. The van der Waals surface area contributed by atoms with Crippen LogP contribution in [0.25, 0.3) is 0 Å². The number of amides is 2. The van der Waals surface area contributed by atoms with Crippen LogP contribution >= 0.6 is 0 Å². The molecule has 0 aromatic rings. The monoisotopic (exact) mass is 642 g/mol. The molecule has 1 aliphatic carbocycles. The van der Waals surface area contributed by atoms with E-state index in [1.807, 2.05) is 0 Å². The number of aliphatic hydroxyl groups is 7. The zero-order valence-corrected chi connectivity index (χ0v) is 24.9. The van der Waals surface area contributed by atoms with Crippen molar-refractivity contribution in [3.8, 4) is 0 Å². The Bertz CT molecular complexity index is 895. The van der Waals surface area contributed by atoms with E-state index in [1.54, 1.807) is 0 Å². The van der Waals surface area contributed by atoms with Crippen molar-refractivity contribution < 1.29 is 64.7 Å². The summed E-state index contributed by atoms with van der Waals surface area (Å²) in [5.41, 5.74) is 10.3. The summed E-state index contributed by atoms with van der Waals surface area (Å²) < 4.78 is 23.2. The molecule has 0 aromatic heterocycles. The predicted molar refractivity (Wildman–Crippen MR) is 149 cm³/mol. The third-order valence-electron chi connectivity index (χ3n) is 8.15. The maximum atomic E-state index is 12.6. The SMILES string of the molecule is CN[C@@H]1[C@@H](O)[C@@H](O[C@H]2[C@H](NC(=O)N(O)CCN)C[C@H](N)C(O[C@H]3O[C@H](CNCCCO)[C@@H](O)[C@H](O)[C@H]3O)[C@@H]2O)OC[C@]1(C)O. The molecule has 3 fully saturated rings. The quantitative estimate of drug-likeness (QED) is 0.0504. The van der Waals surface area contributed by atoms with Crippen molar-refractivity contribution in [2.24, 2.45) is 11.5 Å². The number of urea groups is 1. The smallest absolute Gasteiger partial charge is 0.341 e. The molecule has 2 saturated heterocycles.